The molecule has 77 valence electrons. The van der Waals surface area contributed by atoms with Crippen molar-refractivity contribution in [2.24, 2.45) is 5.92 Å². The summed E-state index contributed by atoms with van der Waals surface area (Å²) in [5.41, 5.74) is 0. The molecule has 0 aliphatic carbocycles. The van der Waals surface area contributed by atoms with Crippen LogP contribution < -0.4 is 0 Å². The van der Waals surface area contributed by atoms with Gasteiger partial charge in [0.05, 0.1) is 0 Å². The van der Waals surface area contributed by atoms with E-state index in [0.29, 0.717) is 6.42 Å². The molecule has 0 aromatic rings. The molecule has 0 aromatic carbocycles. The van der Waals surface area contributed by atoms with Gasteiger partial charge in [-0.2, -0.15) is 0 Å². The second-order valence-corrected chi connectivity index (χ2v) is 4.53. The maximum atomic E-state index is 10.4. The molecule has 0 rings (SSSR count). The maximum Gasteiger partial charge on any atom is 0.218 e. The van der Waals surface area contributed by atoms with Gasteiger partial charge in [0.25, 0.3) is 0 Å². The van der Waals surface area contributed by atoms with Crippen molar-refractivity contribution in [3.63, 3.8) is 0 Å². The summed E-state index contributed by atoms with van der Waals surface area (Å²) < 4.78 is 0. The highest BCUT2D eigenvalue weighted by molar-refractivity contribution is 7.96. The van der Waals surface area contributed by atoms with E-state index in [-0.39, 0.29) is 5.12 Å². The third-order valence-corrected chi connectivity index (χ3v) is 2.37. The molecular weight excluding hydrogens is 180 g/mol. The second kappa shape index (κ2) is 8.49. The molecule has 0 atom stereocenters. The van der Waals surface area contributed by atoms with Gasteiger partial charge in [-0.05, 0) is 25.0 Å². The minimum Gasteiger partial charge on any atom is -0.282 e. The summed E-state index contributed by atoms with van der Waals surface area (Å²) in [5, 5.41) is -0.0813. The standard InChI is InChI=1S/C11H21OS/c1-10(2)8-6-4-3-5-7-9-11(12)13/h10H,3-9H2,1-2H3. The highest BCUT2D eigenvalue weighted by atomic mass is 32.1. The Morgan fingerprint density at radius 2 is 1.62 bits per heavy atom. The van der Waals surface area contributed by atoms with Crippen molar-refractivity contribution in [2.45, 2.75) is 58.8 Å². The Hall–Kier alpha value is -0.110. The summed E-state index contributed by atoms with van der Waals surface area (Å²) in [7, 11) is 0. The van der Waals surface area contributed by atoms with E-state index in [1.807, 2.05) is 0 Å². The molecule has 0 spiro atoms. The molecule has 0 heterocycles. The summed E-state index contributed by atoms with van der Waals surface area (Å²) in [6.45, 7) is 4.52. The van der Waals surface area contributed by atoms with Gasteiger partial charge < -0.3 is 0 Å². The molecule has 0 N–H and O–H groups in total. The van der Waals surface area contributed by atoms with E-state index in [9.17, 15) is 4.79 Å². The zero-order chi connectivity index (χ0) is 10.1. The first kappa shape index (κ1) is 12.9. The maximum absolute atomic E-state index is 10.4. The molecule has 0 unspecified atom stereocenters. The van der Waals surface area contributed by atoms with Crippen molar-refractivity contribution in [3.05, 3.63) is 0 Å². The van der Waals surface area contributed by atoms with Gasteiger partial charge in [-0.3, -0.25) is 4.79 Å². The molecule has 0 saturated carbocycles. The van der Waals surface area contributed by atoms with Crippen LogP contribution in [0.5, 0.6) is 0 Å². The molecule has 2 heteroatoms. The van der Waals surface area contributed by atoms with Crippen LogP contribution in [-0.2, 0) is 4.79 Å². The van der Waals surface area contributed by atoms with Crippen LogP contribution in [0.1, 0.15) is 58.8 Å². The van der Waals surface area contributed by atoms with E-state index in [2.05, 4.69) is 26.5 Å². The average molecular weight is 201 g/mol. The van der Waals surface area contributed by atoms with Crippen LogP contribution in [0.15, 0.2) is 0 Å². The number of carbonyl (C=O) groups is 1. The lowest BCUT2D eigenvalue weighted by Crippen LogP contribution is -1.88. The minimum atomic E-state index is -0.0813. The summed E-state index contributed by atoms with van der Waals surface area (Å²) in [6.07, 6.45) is 7.99. The molecule has 0 amide bonds. The smallest absolute Gasteiger partial charge is 0.218 e. The van der Waals surface area contributed by atoms with Gasteiger partial charge in [0.15, 0.2) is 0 Å². The number of hydrogen-bond acceptors (Lipinski definition) is 1. The predicted molar refractivity (Wildman–Crippen MR) is 59.8 cm³/mol. The topological polar surface area (TPSA) is 17.1 Å². The highest BCUT2D eigenvalue weighted by Crippen LogP contribution is 2.11. The van der Waals surface area contributed by atoms with E-state index >= 15 is 0 Å². The fourth-order valence-electron chi connectivity index (χ4n) is 1.35. The zero-order valence-corrected chi connectivity index (χ0v) is 9.66. The van der Waals surface area contributed by atoms with E-state index in [1.54, 1.807) is 0 Å². The molecule has 13 heavy (non-hydrogen) atoms. The molecule has 0 saturated heterocycles. The Morgan fingerprint density at radius 3 is 2.15 bits per heavy atom. The quantitative estimate of drug-likeness (QED) is 0.540. The van der Waals surface area contributed by atoms with Crippen molar-refractivity contribution in [1.29, 1.82) is 0 Å². The molecule has 1 nitrogen and oxygen atoms in total. The first-order valence-electron chi connectivity index (χ1n) is 5.32. The van der Waals surface area contributed by atoms with Crippen LogP contribution in [-0.4, -0.2) is 5.12 Å². The summed E-state index contributed by atoms with van der Waals surface area (Å²) in [4.78, 5) is 10.4. The summed E-state index contributed by atoms with van der Waals surface area (Å²) in [5.74, 6) is 0.828. The third kappa shape index (κ3) is 11.9. The predicted octanol–water partition coefficient (Wildman–Crippen LogP) is 4.10. The Balaban J connectivity index is 2.96. The minimum absolute atomic E-state index is 0.0813. The SMILES string of the molecule is CC(C)CCCCCCCC(=O)[S]. The van der Waals surface area contributed by atoms with E-state index in [0.717, 1.165) is 12.3 Å². The van der Waals surface area contributed by atoms with Gasteiger partial charge in [0.2, 0.25) is 5.12 Å². The van der Waals surface area contributed by atoms with Gasteiger partial charge in [-0.15, -0.1) is 0 Å². The first-order chi connectivity index (χ1) is 6.13. The first-order valence-corrected chi connectivity index (χ1v) is 5.73. The van der Waals surface area contributed by atoms with E-state index in [1.165, 1.54) is 32.1 Å². The second-order valence-electron chi connectivity index (χ2n) is 4.07. The normalized spacial score (nSPS) is 10.7. The van der Waals surface area contributed by atoms with Crippen LogP contribution in [0.25, 0.3) is 0 Å². The fraction of sp³-hybridized carbons (Fsp3) is 0.909. The third-order valence-electron chi connectivity index (χ3n) is 2.16. The monoisotopic (exact) mass is 201 g/mol. The van der Waals surface area contributed by atoms with Gasteiger partial charge >= 0.3 is 0 Å². The average Bonchev–Trinajstić information content (AvgIpc) is 2.01. The summed E-state index contributed by atoms with van der Waals surface area (Å²) in [6, 6.07) is 0. The van der Waals surface area contributed by atoms with Crippen molar-refractivity contribution in [1.82, 2.24) is 0 Å². The Labute approximate surface area is 87.7 Å². The zero-order valence-electron chi connectivity index (χ0n) is 8.84. The Morgan fingerprint density at radius 1 is 1.08 bits per heavy atom. The number of unbranched alkanes of at least 4 members (excludes halogenated alkanes) is 4. The molecule has 0 aliphatic rings. The van der Waals surface area contributed by atoms with Crippen LogP contribution in [0.3, 0.4) is 0 Å². The van der Waals surface area contributed by atoms with Crippen LogP contribution in [0.4, 0.5) is 0 Å². The molecular formula is C11H21OS. The number of hydrogen-bond donors (Lipinski definition) is 0. The lowest BCUT2D eigenvalue weighted by molar-refractivity contribution is -0.110. The summed E-state index contributed by atoms with van der Waals surface area (Å²) >= 11 is 4.48. The van der Waals surface area contributed by atoms with Gasteiger partial charge in [0, 0.05) is 6.42 Å². The largest absolute Gasteiger partial charge is 0.282 e. The fourth-order valence-corrected chi connectivity index (χ4v) is 1.50. The lowest BCUT2D eigenvalue weighted by atomic mass is 10.0. The molecule has 0 aromatic heterocycles. The Bertz CT molecular complexity index is 132. The Kier molecular flexibility index (Phi) is 8.41. The number of carbonyl (C=O) groups excluding carboxylic acids is 1. The van der Waals surface area contributed by atoms with Gasteiger partial charge in [-0.25, -0.2) is 0 Å². The molecule has 0 bridgehead atoms. The van der Waals surface area contributed by atoms with Crippen molar-refractivity contribution < 1.29 is 4.79 Å². The van der Waals surface area contributed by atoms with E-state index in [4.69, 9.17) is 0 Å². The van der Waals surface area contributed by atoms with E-state index < -0.39 is 0 Å². The van der Waals surface area contributed by atoms with Crippen LogP contribution in [0, 0.1) is 5.92 Å². The van der Waals surface area contributed by atoms with Gasteiger partial charge in [0.1, 0.15) is 0 Å². The van der Waals surface area contributed by atoms with Crippen molar-refractivity contribution in [3.8, 4) is 0 Å². The molecule has 0 aliphatic heterocycles. The van der Waals surface area contributed by atoms with Crippen molar-refractivity contribution >= 4 is 17.7 Å². The molecule has 1 radical (unpaired) electrons. The number of rotatable bonds is 8. The van der Waals surface area contributed by atoms with Gasteiger partial charge in [-0.1, -0.05) is 46.0 Å². The van der Waals surface area contributed by atoms with Crippen LogP contribution >= 0.6 is 12.6 Å². The van der Waals surface area contributed by atoms with Crippen LogP contribution in [0.2, 0.25) is 0 Å². The highest BCUT2D eigenvalue weighted by Gasteiger charge is 1.97. The lowest BCUT2D eigenvalue weighted by Gasteiger charge is -2.03. The van der Waals surface area contributed by atoms with Crippen molar-refractivity contribution in [2.75, 3.05) is 0 Å². The molecule has 0 fully saturated rings.